The SMILES string of the molecule is C=CC(=O)OCCCOCC(COC(=O)C=C)(COC(=O)C=C)COC(=O)NC1(C)CC(NC(=O)OC(C)COCO[Si](C)(C)COCC(C)OC(=O)NC2CC(C)(C)CC(C)(NC(=O)OCC(COCCCOC(=O)C=C)(COC(=O)C=C)COC(=O)C=C)C2)CC(C)(C)C1. The maximum Gasteiger partial charge on any atom is 0.407 e. The Kier molecular flexibility index (Phi) is 36.5. The number of nitrogens with one attached hydrogen (secondary N) is 4. The number of hydrogen-bond acceptors (Lipinski definition) is 25. The maximum absolute atomic E-state index is 13.6. The number of carbonyl (C=O) groups excluding carboxylic acids is 10. The molecule has 0 aromatic carbocycles. The van der Waals surface area contributed by atoms with Crippen molar-refractivity contribution in [1.29, 1.82) is 0 Å². The molecule has 2 saturated carbocycles. The summed E-state index contributed by atoms with van der Waals surface area (Å²) in [6.45, 7) is 36.4. The van der Waals surface area contributed by atoms with Crippen LogP contribution in [0.15, 0.2) is 75.9 Å². The zero-order valence-electron chi connectivity index (χ0n) is 57.7. The molecule has 29 nitrogen and oxygen atoms in total. The van der Waals surface area contributed by atoms with E-state index in [9.17, 15) is 47.9 Å². The number of alkyl carbamates (subject to hydrolysis) is 4. The van der Waals surface area contributed by atoms with E-state index in [-0.39, 0.29) is 89.5 Å². The first-order valence-corrected chi connectivity index (χ1v) is 34.7. The van der Waals surface area contributed by atoms with Crippen molar-refractivity contribution in [1.82, 2.24) is 21.3 Å². The summed E-state index contributed by atoms with van der Waals surface area (Å²) in [6.07, 6.45) is 4.90. The third kappa shape index (κ3) is 35.4. The second-order valence-electron chi connectivity index (χ2n) is 26.8. The molecule has 0 saturated heterocycles. The van der Waals surface area contributed by atoms with Gasteiger partial charge >= 0.3 is 60.2 Å². The Morgan fingerprint density at radius 2 is 0.760 bits per heavy atom. The first-order valence-electron chi connectivity index (χ1n) is 31.5. The summed E-state index contributed by atoms with van der Waals surface area (Å²) in [5, 5.41) is 11.7. The van der Waals surface area contributed by atoms with Gasteiger partial charge in [-0.3, -0.25) is 0 Å². The van der Waals surface area contributed by atoms with Crippen LogP contribution in [0.2, 0.25) is 13.1 Å². The van der Waals surface area contributed by atoms with Crippen LogP contribution in [0.3, 0.4) is 0 Å². The van der Waals surface area contributed by atoms with E-state index in [1.165, 1.54) is 0 Å². The normalized spacial score (nSPS) is 19.4. The van der Waals surface area contributed by atoms with Crippen molar-refractivity contribution < 1.29 is 119 Å². The number of carbonyl (C=O) groups is 10. The first-order chi connectivity index (χ1) is 45.0. The summed E-state index contributed by atoms with van der Waals surface area (Å²) in [5.74, 6) is -4.35. The van der Waals surface area contributed by atoms with Crippen LogP contribution in [0, 0.1) is 21.7 Å². The standard InChI is InChI=1S/C66H104N4O25Si/c1-17-51(71)85-27-23-25-81-37-65(39-87-53(73)19-3,40-88-54(74)20-4)43-91-59(79)69-63(13)31-49(29-61(9,10)35-63)67-57(77)94-47(7)33-83-45-93-96(15,16)46-84-34-48(8)95-58(78)68-50-30-62(11,12)36-64(14,32-50)70-60(80)92-44-66(41-89-55(75)21-5,42-90-56(76)22-6)38-82-26-24-28-86-52(72)18-2/h17-22,47-50H,1-6,23-46H2,7-16H3,(H,67,77)(H,68,78)(H,69,79)(H,70,80). The molecule has 542 valence electrons. The van der Waals surface area contributed by atoms with Crippen molar-refractivity contribution in [2.75, 3.05) is 106 Å². The molecule has 2 aliphatic carbocycles. The zero-order valence-corrected chi connectivity index (χ0v) is 58.7. The Labute approximate surface area is 564 Å². The Morgan fingerprint density at radius 1 is 0.438 bits per heavy atom. The van der Waals surface area contributed by atoms with Crippen molar-refractivity contribution in [2.24, 2.45) is 21.7 Å². The van der Waals surface area contributed by atoms with E-state index in [4.69, 9.17) is 70.7 Å². The monoisotopic (exact) mass is 1380 g/mol. The van der Waals surface area contributed by atoms with Crippen LogP contribution in [0.1, 0.15) is 107 Å². The van der Waals surface area contributed by atoms with Gasteiger partial charge in [-0.05, 0) is 90.1 Å². The molecular formula is C66H104N4O25Si. The van der Waals surface area contributed by atoms with E-state index in [0.29, 0.717) is 38.5 Å². The van der Waals surface area contributed by atoms with E-state index in [0.717, 1.165) is 36.5 Å². The summed E-state index contributed by atoms with van der Waals surface area (Å²) in [4.78, 5) is 125. The highest BCUT2D eigenvalue weighted by Gasteiger charge is 2.46. The minimum absolute atomic E-state index is 0.000304. The van der Waals surface area contributed by atoms with E-state index in [1.807, 2.05) is 54.6 Å². The number of amides is 4. The number of ether oxygens (including phenoxy) is 14. The number of esters is 6. The molecule has 0 aromatic heterocycles. The van der Waals surface area contributed by atoms with Gasteiger partial charge in [0.05, 0.1) is 56.7 Å². The van der Waals surface area contributed by atoms with Gasteiger partial charge in [-0.15, -0.1) is 0 Å². The Morgan fingerprint density at radius 3 is 1.10 bits per heavy atom. The Balaban J connectivity index is 1.92. The van der Waals surface area contributed by atoms with Gasteiger partial charge in [-0.2, -0.15) is 0 Å². The van der Waals surface area contributed by atoms with Crippen LogP contribution in [-0.4, -0.2) is 209 Å². The van der Waals surface area contributed by atoms with Gasteiger partial charge in [-0.25, -0.2) is 47.9 Å². The molecule has 0 radical (unpaired) electrons. The average molecular weight is 1380 g/mol. The van der Waals surface area contributed by atoms with Crippen molar-refractivity contribution in [3.05, 3.63) is 75.9 Å². The summed E-state index contributed by atoms with van der Waals surface area (Å²) in [7, 11) is -2.50. The lowest BCUT2D eigenvalue weighted by Gasteiger charge is -2.46. The highest BCUT2D eigenvalue weighted by molar-refractivity contribution is 6.71. The topological polar surface area (TPSA) is 357 Å². The lowest BCUT2D eigenvalue weighted by atomic mass is 9.67. The van der Waals surface area contributed by atoms with Crippen LogP contribution in [0.25, 0.3) is 0 Å². The molecule has 2 fully saturated rings. The fourth-order valence-electron chi connectivity index (χ4n) is 11.1. The lowest BCUT2D eigenvalue weighted by molar-refractivity contribution is -0.157. The van der Waals surface area contributed by atoms with E-state index in [2.05, 4.69) is 60.7 Å². The largest absolute Gasteiger partial charge is 0.462 e. The molecule has 30 heteroatoms. The molecule has 6 atom stereocenters. The molecule has 4 amide bonds. The summed E-state index contributed by atoms with van der Waals surface area (Å²) < 4.78 is 83.4. The van der Waals surface area contributed by atoms with Crippen molar-refractivity contribution in [2.45, 2.75) is 155 Å². The third-order valence-electron chi connectivity index (χ3n) is 14.8. The predicted molar refractivity (Wildman–Crippen MR) is 350 cm³/mol. The number of hydrogen-bond donors (Lipinski definition) is 4. The fourth-order valence-corrected chi connectivity index (χ4v) is 12.2. The van der Waals surface area contributed by atoms with E-state index < -0.39 is 154 Å². The smallest absolute Gasteiger partial charge is 0.407 e. The molecule has 2 aliphatic rings. The second-order valence-corrected chi connectivity index (χ2v) is 30.9. The van der Waals surface area contributed by atoms with Gasteiger partial charge in [0.15, 0.2) is 0 Å². The number of rotatable bonds is 45. The Hall–Kier alpha value is -7.64. The first kappa shape index (κ1) is 84.4. The van der Waals surface area contributed by atoms with Crippen LogP contribution < -0.4 is 21.3 Å². The van der Waals surface area contributed by atoms with Gasteiger partial charge in [0.25, 0.3) is 0 Å². The molecular weight excluding hydrogens is 1280 g/mol. The highest BCUT2D eigenvalue weighted by atomic mass is 28.4. The Bertz CT molecular complexity index is 2600. The van der Waals surface area contributed by atoms with Gasteiger partial charge < -0.3 is 92.0 Å². The quantitative estimate of drug-likeness (QED) is 0.0116. The molecule has 6 unspecified atom stereocenters. The molecule has 0 aromatic rings. The zero-order chi connectivity index (χ0) is 72.2. The maximum atomic E-state index is 13.6. The van der Waals surface area contributed by atoms with Gasteiger partial charge in [0, 0.05) is 85.7 Å². The molecule has 96 heavy (non-hydrogen) atoms. The van der Waals surface area contributed by atoms with Gasteiger partial charge in [0.2, 0.25) is 8.32 Å². The lowest BCUT2D eigenvalue weighted by Crippen LogP contribution is -2.58. The minimum Gasteiger partial charge on any atom is -0.462 e. The average Bonchev–Trinajstić information content (AvgIpc) is 0.804. The molecule has 0 heterocycles. The molecule has 2 rings (SSSR count). The van der Waals surface area contributed by atoms with Crippen LogP contribution >= 0.6 is 0 Å². The second kappa shape index (κ2) is 41.5. The van der Waals surface area contributed by atoms with Crippen molar-refractivity contribution >= 4 is 68.5 Å². The van der Waals surface area contributed by atoms with Crippen LogP contribution in [-0.2, 0) is 99.5 Å². The summed E-state index contributed by atoms with van der Waals surface area (Å²) in [6, 6.07) is -0.879. The molecule has 0 bridgehead atoms. The van der Waals surface area contributed by atoms with Crippen molar-refractivity contribution in [3.63, 3.8) is 0 Å². The van der Waals surface area contributed by atoms with Gasteiger partial charge in [0.1, 0.15) is 58.6 Å². The van der Waals surface area contributed by atoms with E-state index >= 15 is 0 Å². The molecule has 4 N–H and O–H groups in total. The predicted octanol–water partition coefficient (Wildman–Crippen LogP) is 7.26. The fraction of sp³-hybridized carbons (Fsp3) is 0.667. The third-order valence-corrected chi connectivity index (χ3v) is 16.6. The summed E-state index contributed by atoms with van der Waals surface area (Å²) in [5.41, 5.74) is -5.34. The van der Waals surface area contributed by atoms with Crippen LogP contribution in [0.4, 0.5) is 19.2 Å². The molecule has 0 aliphatic heterocycles. The highest BCUT2D eigenvalue weighted by Crippen LogP contribution is 2.42. The summed E-state index contributed by atoms with van der Waals surface area (Å²) >= 11 is 0. The molecule has 0 spiro atoms. The van der Waals surface area contributed by atoms with Crippen LogP contribution in [0.5, 0.6) is 0 Å². The van der Waals surface area contributed by atoms with E-state index in [1.54, 1.807) is 13.8 Å². The van der Waals surface area contributed by atoms with Gasteiger partial charge in [-0.1, -0.05) is 67.2 Å². The van der Waals surface area contributed by atoms with Crippen molar-refractivity contribution in [3.8, 4) is 0 Å². The minimum atomic E-state index is -2.50.